The molecule has 1 rings (SSSR count). The van der Waals surface area contributed by atoms with Crippen molar-refractivity contribution in [2.75, 3.05) is 0 Å². The fraction of sp³-hybridized carbons (Fsp3) is 0.889. The van der Waals surface area contributed by atoms with Crippen molar-refractivity contribution in [3.8, 4) is 0 Å². The molecule has 0 aromatic rings. The topological polar surface area (TPSA) is 0 Å². The molecule has 0 radical (unpaired) electrons. The third kappa shape index (κ3) is 3.56. The highest BCUT2D eigenvalue weighted by Crippen LogP contribution is 2.14. The Hall–Kier alpha value is 0. The number of hydrogen-bond donors (Lipinski definition) is 0. The molecule has 54 valence electrons. The summed E-state index contributed by atoms with van der Waals surface area (Å²) in [5.41, 5.74) is 0. The van der Waals surface area contributed by atoms with Crippen molar-refractivity contribution >= 4 is 0 Å². The van der Waals surface area contributed by atoms with E-state index >= 15 is 0 Å². The average Bonchev–Trinajstić information content (AvgIpc) is 2.00. The average molecular weight is 125 g/mol. The summed E-state index contributed by atoms with van der Waals surface area (Å²) >= 11 is 0. The van der Waals surface area contributed by atoms with Gasteiger partial charge >= 0.3 is 0 Å². The van der Waals surface area contributed by atoms with Crippen molar-refractivity contribution in [2.24, 2.45) is 0 Å². The molecule has 0 heteroatoms. The van der Waals surface area contributed by atoms with Gasteiger partial charge in [0.05, 0.1) is 0 Å². The molecule has 0 bridgehead atoms. The van der Waals surface area contributed by atoms with E-state index in [0.29, 0.717) is 0 Å². The zero-order valence-electron chi connectivity index (χ0n) is 6.23. The minimum atomic E-state index is 1.38. The molecule has 1 aliphatic rings. The second-order valence-electron chi connectivity index (χ2n) is 2.99. The Bertz CT molecular complexity index is 28.5. The zero-order chi connectivity index (χ0) is 6.36. The first-order valence-electron chi connectivity index (χ1n) is 4.32. The van der Waals surface area contributed by atoms with Crippen molar-refractivity contribution in [2.45, 2.75) is 51.4 Å². The van der Waals surface area contributed by atoms with E-state index in [1.165, 1.54) is 51.4 Å². The van der Waals surface area contributed by atoms with E-state index in [1.807, 2.05) is 0 Å². The van der Waals surface area contributed by atoms with Crippen molar-refractivity contribution < 1.29 is 0 Å². The van der Waals surface area contributed by atoms with Gasteiger partial charge in [0, 0.05) is 0 Å². The van der Waals surface area contributed by atoms with E-state index in [4.69, 9.17) is 0 Å². The maximum Gasteiger partial charge on any atom is -0.0534 e. The molecule has 1 fully saturated rings. The van der Waals surface area contributed by atoms with E-state index < -0.39 is 0 Å². The van der Waals surface area contributed by atoms with Crippen LogP contribution in [0, 0.1) is 6.42 Å². The van der Waals surface area contributed by atoms with Crippen LogP contribution in [0.25, 0.3) is 0 Å². The SMILES string of the molecule is [CH-]1CCCCCCCC1. The Morgan fingerprint density at radius 3 is 1.56 bits per heavy atom. The summed E-state index contributed by atoms with van der Waals surface area (Å²) in [7, 11) is 0. The van der Waals surface area contributed by atoms with E-state index in [2.05, 4.69) is 6.42 Å². The number of rotatable bonds is 0. The van der Waals surface area contributed by atoms with Crippen molar-refractivity contribution in [1.82, 2.24) is 0 Å². The molecule has 0 saturated heterocycles. The fourth-order valence-electron chi connectivity index (χ4n) is 1.43. The summed E-state index contributed by atoms with van der Waals surface area (Å²) in [5.74, 6) is 0. The molecule has 0 spiro atoms. The second-order valence-corrected chi connectivity index (χ2v) is 2.99. The third-order valence-electron chi connectivity index (χ3n) is 2.07. The fourth-order valence-corrected chi connectivity index (χ4v) is 1.43. The first-order valence-corrected chi connectivity index (χ1v) is 4.32. The normalized spacial score (nSPS) is 24.0. The minimum absolute atomic E-state index is 1.38. The summed E-state index contributed by atoms with van der Waals surface area (Å²) in [6.07, 6.45) is 14.0. The van der Waals surface area contributed by atoms with Crippen molar-refractivity contribution in [3.05, 3.63) is 6.42 Å². The Morgan fingerprint density at radius 1 is 0.556 bits per heavy atom. The monoisotopic (exact) mass is 125 g/mol. The van der Waals surface area contributed by atoms with Crippen molar-refractivity contribution in [1.29, 1.82) is 0 Å². The lowest BCUT2D eigenvalue weighted by Gasteiger charge is -2.06. The van der Waals surface area contributed by atoms with Gasteiger partial charge in [-0.25, -0.2) is 0 Å². The van der Waals surface area contributed by atoms with Gasteiger partial charge in [0.15, 0.2) is 0 Å². The van der Waals surface area contributed by atoms with Crippen LogP contribution in [0.1, 0.15) is 51.4 Å². The van der Waals surface area contributed by atoms with Gasteiger partial charge in [-0.3, -0.25) is 0 Å². The summed E-state index contributed by atoms with van der Waals surface area (Å²) < 4.78 is 0. The maximum absolute atomic E-state index is 2.46. The van der Waals surface area contributed by atoms with Crippen LogP contribution in [0.5, 0.6) is 0 Å². The van der Waals surface area contributed by atoms with Gasteiger partial charge in [-0.05, 0) is 0 Å². The van der Waals surface area contributed by atoms with E-state index in [1.54, 1.807) is 0 Å². The van der Waals surface area contributed by atoms with Gasteiger partial charge in [0.1, 0.15) is 0 Å². The van der Waals surface area contributed by atoms with Crippen LogP contribution < -0.4 is 0 Å². The van der Waals surface area contributed by atoms with E-state index in [9.17, 15) is 0 Å². The molecule has 0 aromatic heterocycles. The zero-order valence-corrected chi connectivity index (χ0v) is 6.23. The lowest BCUT2D eigenvalue weighted by atomic mass is 10.1. The highest BCUT2D eigenvalue weighted by molar-refractivity contribution is 4.66. The molecule has 0 aromatic carbocycles. The molecular formula is C9H17-. The summed E-state index contributed by atoms with van der Waals surface area (Å²) in [5, 5.41) is 0. The molecule has 0 atom stereocenters. The van der Waals surface area contributed by atoms with Crippen LogP contribution in [0.4, 0.5) is 0 Å². The predicted octanol–water partition coefficient (Wildman–Crippen LogP) is 3.33. The largest absolute Gasteiger partial charge is 0.328 e. The quantitative estimate of drug-likeness (QED) is 0.436. The molecule has 1 aliphatic carbocycles. The predicted molar refractivity (Wildman–Crippen MR) is 41.2 cm³/mol. The number of hydrogen-bond acceptors (Lipinski definition) is 0. The van der Waals surface area contributed by atoms with Crippen LogP contribution in [-0.4, -0.2) is 0 Å². The van der Waals surface area contributed by atoms with Crippen LogP contribution in [0.3, 0.4) is 0 Å². The lowest BCUT2D eigenvalue weighted by molar-refractivity contribution is 0.624. The van der Waals surface area contributed by atoms with Crippen LogP contribution in [-0.2, 0) is 0 Å². The van der Waals surface area contributed by atoms with Crippen LogP contribution >= 0.6 is 0 Å². The Balaban J connectivity index is 2.02. The van der Waals surface area contributed by atoms with E-state index in [-0.39, 0.29) is 0 Å². The first-order chi connectivity index (χ1) is 4.50. The third-order valence-corrected chi connectivity index (χ3v) is 2.07. The van der Waals surface area contributed by atoms with Crippen molar-refractivity contribution in [3.63, 3.8) is 0 Å². The molecule has 0 unspecified atom stereocenters. The molecule has 0 amide bonds. The Kier molecular flexibility index (Phi) is 3.82. The van der Waals surface area contributed by atoms with Gasteiger partial charge in [0.2, 0.25) is 0 Å². The van der Waals surface area contributed by atoms with Crippen LogP contribution in [0.15, 0.2) is 0 Å². The molecule has 1 saturated carbocycles. The molecular weight excluding hydrogens is 108 g/mol. The highest BCUT2D eigenvalue weighted by atomic mass is 14.0. The second kappa shape index (κ2) is 4.84. The van der Waals surface area contributed by atoms with Crippen LogP contribution in [0.2, 0.25) is 0 Å². The summed E-state index contributed by atoms with van der Waals surface area (Å²) in [6, 6.07) is 0. The molecule has 0 N–H and O–H groups in total. The lowest BCUT2D eigenvalue weighted by Crippen LogP contribution is -1.75. The van der Waals surface area contributed by atoms with Gasteiger partial charge < -0.3 is 6.42 Å². The standard InChI is InChI=1S/C9H17/c1-2-4-6-8-9-7-5-3-1/h1H,2-9H2/q-1. The Labute approximate surface area is 58.7 Å². The van der Waals surface area contributed by atoms with Gasteiger partial charge in [-0.2, -0.15) is 12.8 Å². The first kappa shape index (κ1) is 7.11. The Morgan fingerprint density at radius 2 is 1.00 bits per heavy atom. The van der Waals surface area contributed by atoms with E-state index in [0.717, 1.165) is 0 Å². The molecule has 0 nitrogen and oxygen atoms in total. The molecule has 0 aliphatic heterocycles. The summed E-state index contributed by atoms with van der Waals surface area (Å²) in [6.45, 7) is 0. The molecule has 0 heterocycles. The smallest absolute Gasteiger partial charge is 0.0534 e. The van der Waals surface area contributed by atoms with Gasteiger partial charge in [-0.15, -0.1) is 0 Å². The minimum Gasteiger partial charge on any atom is -0.328 e. The summed E-state index contributed by atoms with van der Waals surface area (Å²) in [4.78, 5) is 0. The maximum atomic E-state index is 2.46. The van der Waals surface area contributed by atoms with Gasteiger partial charge in [0.25, 0.3) is 0 Å². The van der Waals surface area contributed by atoms with Gasteiger partial charge in [-0.1, -0.05) is 38.5 Å². The highest BCUT2D eigenvalue weighted by Gasteiger charge is 1.90. The molecule has 9 heavy (non-hydrogen) atoms.